The third-order valence-electron chi connectivity index (χ3n) is 4.97. The molecule has 11 nitrogen and oxygen atoms in total. The molecule has 0 radical (unpaired) electrons. The molecule has 4 rings (SSSR count). The predicted molar refractivity (Wildman–Crippen MR) is 105 cm³/mol. The summed E-state index contributed by atoms with van der Waals surface area (Å²) >= 11 is 0. The van der Waals surface area contributed by atoms with Gasteiger partial charge in [-0.1, -0.05) is 29.8 Å². The van der Waals surface area contributed by atoms with Gasteiger partial charge in [-0.15, -0.1) is 0 Å². The van der Waals surface area contributed by atoms with Gasteiger partial charge in [-0.3, -0.25) is 4.57 Å². The molecule has 2 aromatic heterocycles. The van der Waals surface area contributed by atoms with Crippen LogP contribution in [0.25, 0.3) is 11.2 Å². The largest absolute Gasteiger partial charge is 0.394 e. The van der Waals surface area contributed by atoms with Crippen molar-refractivity contribution in [1.29, 1.82) is 0 Å². The lowest BCUT2D eigenvalue weighted by atomic mass is 10.1. The van der Waals surface area contributed by atoms with Crippen LogP contribution in [-0.2, 0) is 20.3 Å². The summed E-state index contributed by atoms with van der Waals surface area (Å²) in [7, 11) is -3.93. The molecule has 0 amide bonds. The number of aliphatic hydroxyl groups excluding tert-OH is 3. The van der Waals surface area contributed by atoms with E-state index in [0.717, 1.165) is 5.56 Å². The fourth-order valence-corrected chi connectivity index (χ4v) is 4.54. The summed E-state index contributed by atoms with van der Waals surface area (Å²) in [6.07, 6.45) is -3.60. The third-order valence-corrected chi connectivity index (χ3v) is 6.43. The first kappa shape index (κ1) is 20.6. The summed E-state index contributed by atoms with van der Waals surface area (Å²) in [5.41, 5.74) is 7.63. The number of hydrogen-bond acceptors (Lipinski definition) is 10. The van der Waals surface area contributed by atoms with Gasteiger partial charge < -0.3 is 25.8 Å². The fourth-order valence-electron chi connectivity index (χ4n) is 3.32. The Hall–Kier alpha value is -2.64. The number of benzene rings is 1. The number of ether oxygens (including phenoxy) is 1. The molecule has 0 bridgehead atoms. The summed E-state index contributed by atoms with van der Waals surface area (Å²) in [6.45, 7) is 1.39. The van der Waals surface area contributed by atoms with Crippen LogP contribution >= 0.6 is 0 Å². The van der Waals surface area contributed by atoms with Gasteiger partial charge in [-0.2, -0.15) is 9.97 Å². The monoisotopic (exact) mass is 435 g/mol. The topological polar surface area (TPSA) is 174 Å². The Morgan fingerprint density at radius 1 is 1.17 bits per heavy atom. The molecule has 160 valence electrons. The SMILES string of the molecule is Cc1ccc(CS(=O)(=O)c2nc(N)c3ncn([C@@H]4O[C@H](CO)[C@@H](O)[C@H]4O)c3n2)cc1. The molecule has 4 atom stereocenters. The average Bonchev–Trinajstić information content (AvgIpc) is 3.25. The summed E-state index contributed by atoms with van der Waals surface area (Å²) in [4.78, 5) is 12.1. The number of nitrogen functional groups attached to an aromatic ring is 1. The van der Waals surface area contributed by atoms with Crippen molar-refractivity contribution in [3.05, 3.63) is 41.7 Å². The molecule has 3 aromatic rings. The average molecular weight is 435 g/mol. The lowest BCUT2D eigenvalue weighted by Gasteiger charge is -2.16. The summed E-state index contributed by atoms with van der Waals surface area (Å²) in [6, 6.07) is 7.02. The highest BCUT2D eigenvalue weighted by molar-refractivity contribution is 7.90. The molecule has 0 saturated carbocycles. The van der Waals surface area contributed by atoms with E-state index in [0.29, 0.717) is 5.56 Å². The van der Waals surface area contributed by atoms with Crippen LogP contribution < -0.4 is 5.73 Å². The van der Waals surface area contributed by atoms with Crippen LogP contribution in [0, 0.1) is 6.92 Å². The number of nitrogens with zero attached hydrogens (tertiary/aromatic N) is 4. The van der Waals surface area contributed by atoms with Crippen LogP contribution in [0.3, 0.4) is 0 Å². The number of hydrogen-bond donors (Lipinski definition) is 4. The maximum absolute atomic E-state index is 12.9. The third kappa shape index (κ3) is 3.52. The highest BCUT2D eigenvalue weighted by atomic mass is 32.2. The minimum Gasteiger partial charge on any atom is -0.394 e. The maximum atomic E-state index is 12.9. The van der Waals surface area contributed by atoms with Crippen molar-refractivity contribution in [3.63, 3.8) is 0 Å². The van der Waals surface area contributed by atoms with Gasteiger partial charge >= 0.3 is 0 Å². The van der Waals surface area contributed by atoms with Crippen molar-refractivity contribution >= 4 is 26.8 Å². The number of aryl methyl sites for hydroxylation is 1. The Balaban J connectivity index is 1.74. The molecule has 1 saturated heterocycles. The molecule has 5 N–H and O–H groups in total. The fraction of sp³-hybridized carbons (Fsp3) is 0.389. The quantitative estimate of drug-likeness (QED) is 0.375. The standard InChI is InChI=1S/C18H21N5O6S/c1-9-2-4-10(5-3-9)7-30(27,28)18-21-15(19)12-16(22-18)23(8-20-12)17-14(26)13(25)11(6-24)29-17/h2-5,8,11,13-14,17,24-26H,6-7H2,1H3,(H2,19,21,22)/t11-,13-,14-,17-/m1/s1. The van der Waals surface area contributed by atoms with Crippen LogP contribution in [0.5, 0.6) is 0 Å². The van der Waals surface area contributed by atoms with Gasteiger partial charge in [0.1, 0.15) is 23.8 Å². The van der Waals surface area contributed by atoms with Crippen molar-refractivity contribution in [2.24, 2.45) is 0 Å². The molecule has 1 aliphatic heterocycles. The second kappa shape index (κ2) is 7.56. The maximum Gasteiger partial charge on any atom is 0.251 e. The van der Waals surface area contributed by atoms with Crippen molar-refractivity contribution in [1.82, 2.24) is 19.5 Å². The molecule has 12 heteroatoms. The molecule has 30 heavy (non-hydrogen) atoms. The van der Waals surface area contributed by atoms with E-state index in [-0.39, 0.29) is 22.7 Å². The van der Waals surface area contributed by atoms with Crippen molar-refractivity contribution < 1.29 is 28.5 Å². The van der Waals surface area contributed by atoms with Gasteiger partial charge in [0.25, 0.3) is 5.16 Å². The molecule has 3 heterocycles. The first-order chi connectivity index (χ1) is 14.2. The summed E-state index contributed by atoms with van der Waals surface area (Å²) in [5.74, 6) is -0.465. The van der Waals surface area contributed by atoms with E-state index in [9.17, 15) is 23.7 Å². The van der Waals surface area contributed by atoms with Gasteiger partial charge in [0.15, 0.2) is 17.7 Å². The van der Waals surface area contributed by atoms with Crippen molar-refractivity contribution in [3.8, 4) is 0 Å². The summed E-state index contributed by atoms with van der Waals surface area (Å²) < 4.78 is 32.5. The highest BCUT2D eigenvalue weighted by Crippen LogP contribution is 2.32. The minimum absolute atomic E-state index is 0.0276. The van der Waals surface area contributed by atoms with Gasteiger partial charge in [0, 0.05) is 0 Å². The molecule has 0 aliphatic carbocycles. The molecule has 1 aliphatic rings. The van der Waals surface area contributed by atoms with Gasteiger partial charge in [-0.25, -0.2) is 13.4 Å². The Kier molecular flexibility index (Phi) is 5.20. The Labute approximate surface area is 171 Å². The van der Waals surface area contributed by atoms with E-state index < -0.39 is 46.1 Å². The second-order valence-electron chi connectivity index (χ2n) is 7.19. The predicted octanol–water partition coefficient (Wildman–Crippen LogP) is -0.698. The summed E-state index contributed by atoms with van der Waals surface area (Å²) in [5, 5.41) is 29.1. The van der Waals surface area contributed by atoms with Crippen molar-refractivity contribution in [2.45, 2.75) is 42.4 Å². The lowest BCUT2D eigenvalue weighted by molar-refractivity contribution is -0.0511. The van der Waals surface area contributed by atoms with Crippen LogP contribution in [0.1, 0.15) is 17.4 Å². The van der Waals surface area contributed by atoms with Crippen LogP contribution in [0.15, 0.2) is 35.7 Å². The van der Waals surface area contributed by atoms with E-state index >= 15 is 0 Å². The van der Waals surface area contributed by atoms with E-state index in [4.69, 9.17) is 10.5 Å². The number of sulfone groups is 1. The van der Waals surface area contributed by atoms with Crippen molar-refractivity contribution in [2.75, 3.05) is 12.3 Å². The highest BCUT2D eigenvalue weighted by Gasteiger charge is 2.44. The molecule has 1 aromatic carbocycles. The first-order valence-electron chi connectivity index (χ1n) is 9.12. The number of nitrogens with two attached hydrogens (primary N) is 1. The number of aliphatic hydroxyl groups is 3. The molecule has 0 unspecified atom stereocenters. The van der Waals surface area contributed by atoms with E-state index in [2.05, 4.69) is 15.0 Å². The van der Waals surface area contributed by atoms with Gasteiger partial charge in [-0.05, 0) is 12.5 Å². The van der Waals surface area contributed by atoms with Gasteiger partial charge in [0.2, 0.25) is 9.84 Å². The number of aromatic nitrogens is 4. The molecular weight excluding hydrogens is 414 g/mol. The Bertz CT molecular complexity index is 1180. The van der Waals surface area contributed by atoms with Crippen LogP contribution in [0.4, 0.5) is 5.82 Å². The number of rotatable bonds is 5. The van der Waals surface area contributed by atoms with Gasteiger partial charge in [0.05, 0.1) is 18.7 Å². The minimum atomic E-state index is -3.93. The zero-order chi connectivity index (χ0) is 21.6. The van der Waals surface area contributed by atoms with E-state index in [1.165, 1.54) is 10.9 Å². The number of anilines is 1. The molecular formula is C18H21N5O6S. The number of fused-ring (bicyclic) bond motifs is 1. The first-order valence-corrected chi connectivity index (χ1v) is 10.8. The smallest absolute Gasteiger partial charge is 0.251 e. The second-order valence-corrected chi connectivity index (χ2v) is 9.07. The van der Waals surface area contributed by atoms with Crippen LogP contribution in [0.2, 0.25) is 0 Å². The van der Waals surface area contributed by atoms with E-state index in [1.807, 2.05) is 6.92 Å². The normalized spacial score (nSPS) is 24.5. The molecule has 0 spiro atoms. The molecule has 1 fully saturated rings. The zero-order valence-corrected chi connectivity index (χ0v) is 16.8. The number of imidazole rings is 1. The van der Waals surface area contributed by atoms with E-state index in [1.54, 1.807) is 24.3 Å². The lowest BCUT2D eigenvalue weighted by Crippen LogP contribution is -2.33. The zero-order valence-electron chi connectivity index (χ0n) is 16.0. The Morgan fingerprint density at radius 2 is 1.87 bits per heavy atom. The Morgan fingerprint density at radius 3 is 2.50 bits per heavy atom. The van der Waals surface area contributed by atoms with Crippen LogP contribution in [-0.4, -0.2) is 68.2 Å².